The van der Waals surface area contributed by atoms with Crippen LogP contribution in [0.2, 0.25) is 0 Å². The normalized spacial score (nSPS) is 15.4. The van der Waals surface area contributed by atoms with Crippen molar-refractivity contribution < 1.29 is 9.53 Å². The summed E-state index contributed by atoms with van der Waals surface area (Å²) in [6.45, 7) is 2.04. The zero-order valence-electron chi connectivity index (χ0n) is 9.43. The molecule has 0 aromatic carbocycles. The highest BCUT2D eigenvalue weighted by Crippen LogP contribution is 2.08. The maximum atomic E-state index is 11.5. The second-order valence-electron chi connectivity index (χ2n) is 3.91. The van der Waals surface area contributed by atoms with E-state index >= 15 is 0 Å². The van der Waals surface area contributed by atoms with E-state index in [1.807, 2.05) is 7.05 Å². The number of aryl methyl sites for hydroxylation is 1. The Morgan fingerprint density at radius 2 is 2.25 bits per heavy atom. The summed E-state index contributed by atoms with van der Waals surface area (Å²) in [7, 11) is 1.82. The smallest absolute Gasteiger partial charge is 0.409 e. The molecule has 16 heavy (non-hydrogen) atoms. The highest BCUT2D eigenvalue weighted by molar-refractivity contribution is 5.67. The molecule has 88 valence electrons. The number of carbonyl (C=O) groups excluding carboxylic acids is 1. The lowest BCUT2D eigenvalue weighted by Crippen LogP contribution is -2.29. The Hall–Kier alpha value is -1.59. The number of hydrogen-bond donors (Lipinski definition) is 0. The molecule has 6 nitrogen and oxygen atoms in total. The summed E-state index contributed by atoms with van der Waals surface area (Å²) < 4.78 is 6.86. The first-order valence-electron chi connectivity index (χ1n) is 5.52. The standard InChI is InChI=1S/C10H16N4O2/c1-13-9(8-11-12-13)4-7-16-10(15)14-5-2-3-6-14/h8H,2-7H2,1H3. The summed E-state index contributed by atoms with van der Waals surface area (Å²) in [5.41, 5.74) is 0.967. The molecular formula is C10H16N4O2. The number of nitrogens with zero attached hydrogens (tertiary/aromatic N) is 4. The third-order valence-electron chi connectivity index (χ3n) is 2.76. The first kappa shape index (κ1) is 10.9. The summed E-state index contributed by atoms with van der Waals surface area (Å²) in [4.78, 5) is 13.3. The molecule has 0 saturated carbocycles. The van der Waals surface area contributed by atoms with Gasteiger partial charge in [0, 0.05) is 26.6 Å². The number of likely N-dealkylation sites (tertiary alicyclic amines) is 1. The SMILES string of the molecule is Cn1nncc1CCOC(=O)N1CCCC1. The third kappa shape index (κ3) is 2.50. The van der Waals surface area contributed by atoms with Gasteiger partial charge in [-0.3, -0.25) is 4.68 Å². The third-order valence-corrected chi connectivity index (χ3v) is 2.76. The predicted molar refractivity (Wildman–Crippen MR) is 56.9 cm³/mol. The quantitative estimate of drug-likeness (QED) is 0.754. The first-order valence-corrected chi connectivity index (χ1v) is 5.52. The van der Waals surface area contributed by atoms with E-state index in [-0.39, 0.29) is 6.09 Å². The molecule has 0 aliphatic carbocycles. The first-order chi connectivity index (χ1) is 7.77. The Kier molecular flexibility index (Phi) is 3.38. The van der Waals surface area contributed by atoms with Crippen molar-refractivity contribution in [1.29, 1.82) is 0 Å². The molecule has 1 saturated heterocycles. The molecule has 0 spiro atoms. The van der Waals surface area contributed by atoms with Crippen LogP contribution in [0.15, 0.2) is 6.20 Å². The van der Waals surface area contributed by atoms with Crippen molar-refractivity contribution in [3.63, 3.8) is 0 Å². The molecule has 1 fully saturated rings. The van der Waals surface area contributed by atoms with Gasteiger partial charge in [-0.15, -0.1) is 5.10 Å². The van der Waals surface area contributed by atoms with Crippen molar-refractivity contribution in [2.45, 2.75) is 19.3 Å². The van der Waals surface area contributed by atoms with Crippen molar-refractivity contribution in [2.75, 3.05) is 19.7 Å². The molecule has 2 heterocycles. The van der Waals surface area contributed by atoms with Gasteiger partial charge in [-0.25, -0.2) is 4.79 Å². The van der Waals surface area contributed by atoms with E-state index < -0.39 is 0 Å². The van der Waals surface area contributed by atoms with Crippen molar-refractivity contribution in [3.05, 3.63) is 11.9 Å². The van der Waals surface area contributed by atoms with E-state index in [0.29, 0.717) is 13.0 Å². The van der Waals surface area contributed by atoms with Crippen molar-refractivity contribution in [3.8, 4) is 0 Å². The van der Waals surface area contributed by atoms with Crippen LogP contribution >= 0.6 is 0 Å². The summed E-state index contributed by atoms with van der Waals surface area (Å²) in [5, 5.41) is 7.57. The molecule has 6 heteroatoms. The average molecular weight is 224 g/mol. The number of hydrogen-bond acceptors (Lipinski definition) is 4. The van der Waals surface area contributed by atoms with Gasteiger partial charge in [-0.1, -0.05) is 5.21 Å². The predicted octanol–water partition coefficient (Wildman–Crippen LogP) is 0.590. The second-order valence-corrected chi connectivity index (χ2v) is 3.91. The minimum atomic E-state index is -0.201. The molecule has 1 aromatic heterocycles. The topological polar surface area (TPSA) is 60.2 Å². The second kappa shape index (κ2) is 4.96. The molecule has 1 amide bonds. The van der Waals surface area contributed by atoms with Crippen molar-refractivity contribution in [2.24, 2.45) is 7.05 Å². The largest absolute Gasteiger partial charge is 0.449 e. The number of ether oxygens (including phenoxy) is 1. The molecule has 1 aliphatic rings. The molecule has 2 rings (SSSR count). The van der Waals surface area contributed by atoms with Crippen LogP contribution in [0.1, 0.15) is 18.5 Å². The van der Waals surface area contributed by atoms with Crippen LogP contribution in [0.5, 0.6) is 0 Å². The van der Waals surface area contributed by atoms with Gasteiger partial charge in [-0.05, 0) is 12.8 Å². The van der Waals surface area contributed by atoms with Gasteiger partial charge >= 0.3 is 6.09 Å². The number of carbonyl (C=O) groups is 1. The van der Waals surface area contributed by atoms with E-state index in [0.717, 1.165) is 31.6 Å². The van der Waals surface area contributed by atoms with Gasteiger partial charge in [0.1, 0.15) is 0 Å². The Balaban J connectivity index is 1.71. The maximum Gasteiger partial charge on any atom is 0.409 e. The lowest BCUT2D eigenvalue weighted by molar-refractivity contribution is 0.111. The van der Waals surface area contributed by atoms with Gasteiger partial charge < -0.3 is 9.64 Å². The highest BCUT2D eigenvalue weighted by Gasteiger charge is 2.18. The van der Waals surface area contributed by atoms with E-state index in [9.17, 15) is 4.79 Å². The molecule has 1 aliphatic heterocycles. The minimum absolute atomic E-state index is 0.201. The fourth-order valence-electron chi connectivity index (χ4n) is 1.77. The van der Waals surface area contributed by atoms with Crippen LogP contribution in [-0.2, 0) is 18.2 Å². The van der Waals surface area contributed by atoms with E-state index in [2.05, 4.69) is 10.3 Å². The maximum absolute atomic E-state index is 11.5. The molecule has 0 bridgehead atoms. The Morgan fingerprint density at radius 3 is 2.88 bits per heavy atom. The molecule has 0 atom stereocenters. The van der Waals surface area contributed by atoms with Gasteiger partial charge in [0.05, 0.1) is 18.5 Å². The minimum Gasteiger partial charge on any atom is -0.449 e. The summed E-state index contributed by atoms with van der Waals surface area (Å²) in [6.07, 6.45) is 4.31. The van der Waals surface area contributed by atoms with Crippen LogP contribution in [0, 0.1) is 0 Å². The number of rotatable bonds is 3. The lowest BCUT2D eigenvalue weighted by atomic mass is 10.3. The summed E-state index contributed by atoms with van der Waals surface area (Å²) in [6, 6.07) is 0. The van der Waals surface area contributed by atoms with E-state index in [1.165, 1.54) is 0 Å². The van der Waals surface area contributed by atoms with Gasteiger partial charge in [0.2, 0.25) is 0 Å². The number of aromatic nitrogens is 3. The molecule has 0 N–H and O–H groups in total. The average Bonchev–Trinajstić information content (AvgIpc) is 2.90. The fraction of sp³-hybridized carbons (Fsp3) is 0.700. The summed E-state index contributed by atoms with van der Waals surface area (Å²) >= 11 is 0. The Labute approximate surface area is 94.2 Å². The van der Waals surface area contributed by atoms with Crippen LogP contribution < -0.4 is 0 Å². The Morgan fingerprint density at radius 1 is 1.50 bits per heavy atom. The zero-order valence-corrected chi connectivity index (χ0v) is 9.43. The molecule has 1 aromatic rings. The van der Waals surface area contributed by atoms with Crippen molar-refractivity contribution in [1.82, 2.24) is 19.9 Å². The van der Waals surface area contributed by atoms with Gasteiger partial charge in [0.25, 0.3) is 0 Å². The summed E-state index contributed by atoms with van der Waals surface area (Å²) in [5.74, 6) is 0. The Bertz CT molecular complexity index is 357. The molecule has 0 radical (unpaired) electrons. The zero-order chi connectivity index (χ0) is 11.4. The van der Waals surface area contributed by atoms with Crippen LogP contribution in [-0.4, -0.2) is 45.7 Å². The number of amides is 1. The van der Waals surface area contributed by atoms with Crippen molar-refractivity contribution >= 4 is 6.09 Å². The van der Waals surface area contributed by atoms with Crippen LogP contribution in [0.3, 0.4) is 0 Å². The fourth-order valence-corrected chi connectivity index (χ4v) is 1.77. The molecule has 0 unspecified atom stereocenters. The highest BCUT2D eigenvalue weighted by atomic mass is 16.6. The lowest BCUT2D eigenvalue weighted by Gasteiger charge is -2.14. The van der Waals surface area contributed by atoms with Crippen LogP contribution in [0.4, 0.5) is 4.79 Å². The van der Waals surface area contributed by atoms with Crippen LogP contribution in [0.25, 0.3) is 0 Å². The van der Waals surface area contributed by atoms with E-state index in [1.54, 1.807) is 15.8 Å². The van der Waals surface area contributed by atoms with Gasteiger partial charge in [0.15, 0.2) is 0 Å². The molecular weight excluding hydrogens is 208 g/mol. The van der Waals surface area contributed by atoms with E-state index in [4.69, 9.17) is 4.74 Å². The monoisotopic (exact) mass is 224 g/mol. The van der Waals surface area contributed by atoms with Gasteiger partial charge in [-0.2, -0.15) is 0 Å².